The number of hydrogen-bond acceptors (Lipinski definition) is 5. The van der Waals surface area contributed by atoms with E-state index in [4.69, 9.17) is 37.4 Å². The molecule has 1 unspecified atom stereocenters. The fourth-order valence-electron chi connectivity index (χ4n) is 6.62. The third-order valence-corrected chi connectivity index (χ3v) is 11.5. The number of carbonyl (C=O) groups is 2. The molecule has 3 aromatic carbocycles. The van der Waals surface area contributed by atoms with E-state index in [1.165, 1.54) is 18.1 Å². The van der Waals surface area contributed by atoms with Gasteiger partial charge in [-0.1, -0.05) is 73.7 Å². The van der Waals surface area contributed by atoms with E-state index in [-0.39, 0.29) is 23.7 Å². The number of nitrogens with zero attached hydrogens (tertiary/aromatic N) is 1. The number of halogens is 3. The predicted molar refractivity (Wildman–Crippen MR) is 187 cm³/mol. The lowest BCUT2D eigenvalue weighted by atomic mass is 9.85. The van der Waals surface area contributed by atoms with Gasteiger partial charge in [0.2, 0.25) is 0 Å². The van der Waals surface area contributed by atoms with Crippen molar-refractivity contribution in [3.05, 3.63) is 111 Å². The smallest absolute Gasteiger partial charge is 0.311 e. The summed E-state index contributed by atoms with van der Waals surface area (Å²) in [5.41, 5.74) is 0.849. The van der Waals surface area contributed by atoms with E-state index in [0.29, 0.717) is 39.9 Å². The molecule has 1 fully saturated rings. The molecule has 250 valence electrons. The maximum Gasteiger partial charge on any atom is 0.311 e. The first-order valence-corrected chi connectivity index (χ1v) is 20.4. The fourth-order valence-corrected chi connectivity index (χ4v) is 7.59. The van der Waals surface area contributed by atoms with E-state index in [1.54, 1.807) is 61.5 Å². The molecule has 0 saturated carbocycles. The maximum atomic E-state index is 16.8. The van der Waals surface area contributed by atoms with Gasteiger partial charge in [0, 0.05) is 44.0 Å². The van der Waals surface area contributed by atoms with E-state index in [9.17, 15) is 9.59 Å². The second-order valence-electron chi connectivity index (χ2n) is 13.6. The Hall–Kier alpha value is -3.01. The van der Waals surface area contributed by atoms with Crippen molar-refractivity contribution in [1.82, 2.24) is 4.90 Å². The van der Waals surface area contributed by atoms with E-state index in [2.05, 4.69) is 26.2 Å². The maximum absolute atomic E-state index is 16.8. The Labute approximate surface area is 287 Å². The van der Waals surface area contributed by atoms with Crippen LogP contribution >= 0.6 is 23.2 Å². The van der Waals surface area contributed by atoms with Gasteiger partial charge in [-0.25, -0.2) is 4.39 Å². The summed E-state index contributed by atoms with van der Waals surface area (Å²) in [5, 5.41) is 0.959. The van der Waals surface area contributed by atoms with Crippen LogP contribution in [0.15, 0.2) is 67.2 Å². The van der Waals surface area contributed by atoms with Crippen LogP contribution in [-0.2, 0) is 24.7 Å². The zero-order valence-corrected chi connectivity index (χ0v) is 30.1. The zero-order valence-electron chi connectivity index (χ0n) is 27.6. The second kappa shape index (κ2) is 14.2. The molecule has 10 heteroatoms. The Kier molecular flexibility index (Phi) is 10.7. The van der Waals surface area contributed by atoms with Crippen molar-refractivity contribution in [3.63, 3.8) is 0 Å². The summed E-state index contributed by atoms with van der Waals surface area (Å²) >= 11 is 12.6. The topological polar surface area (TPSA) is 65.1 Å². The molecule has 0 bridgehead atoms. The van der Waals surface area contributed by atoms with Crippen LogP contribution in [0.2, 0.25) is 35.7 Å². The molecule has 2 aliphatic rings. The van der Waals surface area contributed by atoms with Gasteiger partial charge >= 0.3 is 5.97 Å². The van der Waals surface area contributed by atoms with E-state index >= 15 is 4.39 Å². The Balaban J connectivity index is 1.69. The highest BCUT2D eigenvalue weighted by molar-refractivity contribution is 6.76. The molecule has 3 aromatic rings. The number of hydrogen-bond donors (Lipinski definition) is 0. The molecule has 2 heterocycles. The van der Waals surface area contributed by atoms with Gasteiger partial charge in [-0.15, -0.1) is 0 Å². The molecule has 0 aromatic heterocycles. The molecular formula is C37H42Cl2FNO5Si. The number of benzene rings is 3. The van der Waals surface area contributed by atoms with Gasteiger partial charge in [-0.05, 0) is 84.8 Å². The quantitative estimate of drug-likeness (QED) is 0.148. The van der Waals surface area contributed by atoms with Crippen LogP contribution in [0.4, 0.5) is 4.39 Å². The molecule has 3 atom stereocenters. The van der Waals surface area contributed by atoms with Crippen molar-refractivity contribution >= 4 is 48.7 Å². The van der Waals surface area contributed by atoms with Crippen molar-refractivity contribution < 1.29 is 28.2 Å². The molecular weight excluding hydrogens is 656 g/mol. The Bertz CT molecular complexity index is 1640. The van der Waals surface area contributed by atoms with Gasteiger partial charge in [0.15, 0.2) is 5.72 Å². The Morgan fingerprint density at radius 1 is 1.06 bits per heavy atom. The third kappa shape index (κ3) is 7.08. The average Bonchev–Trinajstić information content (AvgIpc) is 3.30. The summed E-state index contributed by atoms with van der Waals surface area (Å²) in [6.07, 6.45) is 1.53. The highest BCUT2D eigenvalue weighted by Crippen LogP contribution is 2.52. The molecule has 1 saturated heterocycles. The fraction of sp³-hybridized carbons (Fsp3) is 0.405. The molecule has 5 rings (SSSR count). The van der Waals surface area contributed by atoms with Gasteiger partial charge in [0.25, 0.3) is 5.91 Å². The number of allylic oxidation sites excluding steroid dienone is 1. The van der Waals surface area contributed by atoms with Gasteiger partial charge in [-0.2, -0.15) is 0 Å². The molecule has 2 aliphatic heterocycles. The lowest BCUT2D eigenvalue weighted by Gasteiger charge is -2.44. The summed E-state index contributed by atoms with van der Waals surface area (Å²) < 4.78 is 34.4. The SMILES string of the molecule is C=C(c1cc(F)c2c(c1)C(=O)N(C(c1ccc(Cl)cc1)[C@H](C)C(=O)OCC[Si](C)(C)C)[C@@]2(OC)c1ccc(Cl)cc1)C1CCOCC1. The monoisotopic (exact) mass is 697 g/mol. The molecule has 0 aliphatic carbocycles. The predicted octanol–water partition coefficient (Wildman–Crippen LogP) is 9.13. The van der Waals surface area contributed by atoms with Crippen molar-refractivity contribution in [2.45, 2.75) is 57.2 Å². The van der Waals surface area contributed by atoms with Crippen LogP contribution < -0.4 is 0 Å². The second-order valence-corrected chi connectivity index (χ2v) is 20.1. The van der Waals surface area contributed by atoms with Crippen LogP contribution in [0, 0.1) is 17.7 Å². The van der Waals surface area contributed by atoms with E-state index in [1.807, 2.05) is 0 Å². The van der Waals surface area contributed by atoms with Gasteiger partial charge in [-0.3, -0.25) is 14.5 Å². The third-order valence-electron chi connectivity index (χ3n) is 9.26. The number of esters is 1. The largest absolute Gasteiger partial charge is 0.466 e. The van der Waals surface area contributed by atoms with Crippen molar-refractivity contribution in [2.24, 2.45) is 11.8 Å². The first-order valence-electron chi connectivity index (χ1n) is 16.0. The molecule has 0 radical (unpaired) electrons. The molecule has 0 spiro atoms. The highest BCUT2D eigenvalue weighted by atomic mass is 35.5. The first-order chi connectivity index (χ1) is 22.3. The standard InChI is InChI=1S/C37H42Cl2FNO5Si/c1-23(25-15-17-45-18-16-25)27-21-31-33(32(40)22-27)37(44-3,28-9-13-30(39)14-10-28)41(35(31)42)34(26-7-11-29(38)12-8-26)24(2)36(43)46-19-20-47(4,5)6/h7-14,21-22,24-25,34H,1,15-20H2,2-6H3/t24-,34?,37+/m0/s1. The number of fused-ring (bicyclic) bond motifs is 1. The lowest BCUT2D eigenvalue weighted by molar-refractivity contribution is -0.155. The van der Waals surface area contributed by atoms with Gasteiger partial charge < -0.3 is 14.2 Å². The van der Waals surface area contributed by atoms with Crippen LogP contribution in [0.3, 0.4) is 0 Å². The van der Waals surface area contributed by atoms with Crippen molar-refractivity contribution in [3.8, 4) is 0 Å². The molecule has 6 nitrogen and oxygen atoms in total. The molecule has 0 N–H and O–H groups in total. The van der Waals surface area contributed by atoms with E-state index in [0.717, 1.165) is 24.5 Å². The summed E-state index contributed by atoms with van der Waals surface area (Å²) in [6.45, 7) is 14.1. The van der Waals surface area contributed by atoms with E-state index < -0.39 is 43.5 Å². The lowest BCUT2D eigenvalue weighted by Crippen LogP contribution is -2.51. The minimum atomic E-state index is -1.75. The summed E-state index contributed by atoms with van der Waals surface area (Å²) in [6, 6.07) is 16.7. The minimum Gasteiger partial charge on any atom is -0.466 e. The number of ether oxygens (including phenoxy) is 3. The van der Waals surface area contributed by atoms with Crippen molar-refractivity contribution in [2.75, 3.05) is 26.9 Å². The van der Waals surface area contributed by atoms with Crippen LogP contribution in [0.1, 0.15) is 58.4 Å². The zero-order chi connectivity index (χ0) is 34.1. The summed E-state index contributed by atoms with van der Waals surface area (Å²) in [4.78, 5) is 30.2. The summed E-state index contributed by atoms with van der Waals surface area (Å²) in [5.74, 6) is -2.33. The molecule has 1 amide bonds. The highest BCUT2D eigenvalue weighted by Gasteiger charge is 2.58. The van der Waals surface area contributed by atoms with Crippen LogP contribution in [-0.4, -0.2) is 51.8 Å². The number of rotatable bonds is 11. The number of carbonyl (C=O) groups excluding carboxylic acids is 2. The first kappa shape index (κ1) is 35.3. The summed E-state index contributed by atoms with van der Waals surface area (Å²) in [7, 11) is -0.0516. The van der Waals surface area contributed by atoms with Gasteiger partial charge in [0.1, 0.15) is 5.82 Å². The average molecular weight is 699 g/mol. The van der Waals surface area contributed by atoms with Crippen molar-refractivity contribution in [1.29, 1.82) is 0 Å². The Morgan fingerprint density at radius 3 is 2.23 bits per heavy atom. The van der Waals surface area contributed by atoms with Crippen LogP contribution in [0.5, 0.6) is 0 Å². The Morgan fingerprint density at radius 2 is 1.66 bits per heavy atom. The number of amides is 1. The van der Waals surface area contributed by atoms with Crippen LogP contribution in [0.25, 0.3) is 5.57 Å². The molecule has 47 heavy (non-hydrogen) atoms. The minimum absolute atomic E-state index is 0.0640. The normalized spacial score (nSPS) is 19.7. The van der Waals surface area contributed by atoms with Gasteiger partial charge in [0.05, 0.1) is 29.7 Å². The number of methoxy groups -OCH3 is 1.